The van der Waals surface area contributed by atoms with Crippen molar-refractivity contribution < 1.29 is 0 Å². The molecule has 3 heteroatoms. The lowest BCUT2D eigenvalue weighted by Gasteiger charge is -2.37. The molecule has 0 saturated carbocycles. The Morgan fingerprint density at radius 2 is 2.38 bits per heavy atom. The summed E-state index contributed by atoms with van der Waals surface area (Å²) in [6.45, 7) is 3.42. The number of pyridine rings is 1. The fourth-order valence-corrected chi connectivity index (χ4v) is 2.98. The van der Waals surface area contributed by atoms with E-state index in [9.17, 15) is 0 Å². The number of nitrogens with zero attached hydrogens (tertiary/aromatic N) is 2. The molecule has 88 valence electrons. The molecule has 1 fully saturated rings. The molecule has 1 unspecified atom stereocenters. The van der Waals surface area contributed by atoms with Gasteiger partial charge < -0.3 is 4.90 Å². The zero-order valence-corrected chi connectivity index (χ0v) is 11.4. The van der Waals surface area contributed by atoms with Crippen LogP contribution in [0.5, 0.6) is 0 Å². The van der Waals surface area contributed by atoms with Crippen LogP contribution in [-0.4, -0.2) is 17.6 Å². The van der Waals surface area contributed by atoms with E-state index in [1.165, 1.54) is 32.1 Å². The van der Waals surface area contributed by atoms with Crippen LogP contribution in [0, 0.1) is 0 Å². The molecule has 1 aliphatic heterocycles. The monoisotopic (exact) mass is 282 g/mol. The van der Waals surface area contributed by atoms with Crippen molar-refractivity contribution in [2.24, 2.45) is 0 Å². The smallest absolute Gasteiger partial charge is 0.143 e. The fourth-order valence-electron chi connectivity index (χ4n) is 2.50. The summed E-state index contributed by atoms with van der Waals surface area (Å²) in [5.41, 5.74) is 0. The van der Waals surface area contributed by atoms with Crippen molar-refractivity contribution in [3.63, 3.8) is 0 Å². The van der Waals surface area contributed by atoms with Gasteiger partial charge in [-0.15, -0.1) is 0 Å². The summed E-state index contributed by atoms with van der Waals surface area (Å²) in [6, 6.07) is 4.75. The van der Waals surface area contributed by atoms with Crippen LogP contribution in [0.1, 0.15) is 39.0 Å². The van der Waals surface area contributed by atoms with Crippen molar-refractivity contribution >= 4 is 21.7 Å². The Hall–Kier alpha value is -0.570. The quantitative estimate of drug-likeness (QED) is 0.833. The number of hydrogen-bond acceptors (Lipinski definition) is 2. The Morgan fingerprint density at radius 1 is 1.50 bits per heavy atom. The minimum atomic E-state index is 0.685. The first-order valence-corrected chi connectivity index (χ1v) is 6.99. The maximum Gasteiger partial charge on any atom is 0.143 e. The van der Waals surface area contributed by atoms with E-state index in [2.05, 4.69) is 38.8 Å². The third-order valence-corrected chi connectivity index (χ3v) is 3.88. The fraction of sp³-hybridized carbons (Fsp3) is 0.615. The molecule has 2 rings (SSSR count). The van der Waals surface area contributed by atoms with E-state index in [4.69, 9.17) is 0 Å². The molecule has 0 radical (unpaired) electrons. The molecule has 1 aliphatic rings. The molecular weight excluding hydrogens is 264 g/mol. The standard InChI is InChI=1S/C13H19BrN2/c1-2-6-11-7-3-4-10-16(11)13-12(14)8-5-9-15-13/h5,8-9,11H,2-4,6-7,10H2,1H3. The van der Waals surface area contributed by atoms with E-state index in [1.54, 1.807) is 0 Å². The molecule has 2 heterocycles. The summed E-state index contributed by atoms with van der Waals surface area (Å²) in [5.74, 6) is 1.13. The first-order chi connectivity index (χ1) is 7.83. The van der Waals surface area contributed by atoms with E-state index >= 15 is 0 Å². The second-order valence-electron chi connectivity index (χ2n) is 4.44. The van der Waals surface area contributed by atoms with Gasteiger partial charge in [-0.25, -0.2) is 4.98 Å². The normalized spacial score (nSPS) is 21.1. The van der Waals surface area contributed by atoms with Gasteiger partial charge in [0.2, 0.25) is 0 Å². The summed E-state index contributed by atoms with van der Waals surface area (Å²) >= 11 is 3.61. The van der Waals surface area contributed by atoms with Gasteiger partial charge in [-0.2, -0.15) is 0 Å². The maximum atomic E-state index is 4.51. The lowest BCUT2D eigenvalue weighted by atomic mass is 9.98. The van der Waals surface area contributed by atoms with E-state index in [0.29, 0.717) is 6.04 Å². The molecule has 0 spiro atoms. The van der Waals surface area contributed by atoms with Crippen LogP contribution < -0.4 is 4.90 Å². The van der Waals surface area contributed by atoms with Gasteiger partial charge in [0.1, 0.15) is 5.82 Å². The van der Waals surface area contributed by atoms with Crippen LogP contribution in [0.3, 0.4) is 0 Å². The first kappa shape index (κ1) is 11.9. The Labute approximate surface area is 106 Å². The van der Waals surface area contributed by atoms with E-state index < -0.39 is 0 Å². The summed E-state index contributed by atoms with van der Waals surface area (Å²) in [7, 11) is 0. The highest BCUT2D eigenvalue weighted by molar-refractivity contribution is 9.10. The Kier molecular flexibility index (Phi) is 4.22. The lowest BCUT2D eigenvalue weighted by Crippen LogP contribution is -2.40. The first-order valence-electron chi connectivity index (χ1n) is 6.20. The van der Waals surface area contributed by atoms with Crippen LogP contribution in [-0.2, 0) is 0 Å². The van der Waals surface area contributed by atoms with E-state index in [-0.39, 0.29) is 0 Å². The summed E-state index contributed by atoms with van der Waals surface area (Å²) in [6.07, 6.45) is 8.40. The van der Waals surface area contributed by atoms with Gasteiger partial charge in [-0.1, -0.05) is 13.3 Å². The van der Waals surface area contributed by atoms with Gasteiger partial charge in [0.05, 0.1) is 4.47 Å². The average Bonchev–Trinajstić information content (AvgIpc) is 2.31. The highest BCUT2D eigenvalue weighted by Crippen LogP contribution is 2.30. The molecule has 16 heavy (non-hydrogen) atoms. The molecule has 0 amide bonds. The van der Waals surface area contributed by atoms with Crippen LogP contribution in [0.15, 0.2) is 22.8 Å². The second-order valence-corrected chi connectivity index (χ2v) is 5.29. The number of halogens is 1. The summed E-state index contributed by atoms with van der Waals surface area (Å²) in [4.78, 5) is 7.00. The zero-order chi connectivity index (χ0) is 11.4. The predicted molar refractivity (Wildman–Crippen MR) is 71.8 cm³/mol. The van der Waals surface area contributed by atoms with Gasteiger partial charge in [0.25, 0.3) is 0 Å². The van der Waals surface area contributed by atoms with Gasteiger partial charge in [0, 0.05) is 18.8 Å². The predicted octanol–water partition coefficient (Wildman–Crippen LogP) is 4.00. The van der Waals surface area contributed by atoms with Gasteiger partial charge in [-0.3, -0.25) is 0 Å². The molecule has 1 saturated heterocycles. The number of aromatic nitrogens is 1. The molecule has 1 aromatic rings. The minimum absolute atomic E-state index is 0.685. The SMILES string of the molecule is CCCC1CCCCN1c1ncccc1Br. The van der Waals surface area contributed by atoms with Crippen molar-refractivity contribution in [3.05, 3.63) is 22.8 Å². The van der Waals surface area contributed by atoms with Crippen LogP contribution >= 0.6 is 15.9 Å². The highest BCUT2D eigenvalue weighted by Gasteiger charge is 2.23. The van der Waals surface area contributed by atoms with E-state index in [1.807, 2.05) is 12.3 Å². The van der Waals surface area contributed by atoms with Crippen molar-refractivity contribution in [3.8, 4) is 0 Å². The molecule has 2 nitrogen and oxygen atoms in total. The van der Waals surface area contributed by atoms with Crippen molar-refractivity contribution in [2.45, 2.75) is 45.1 Å². The zero-order valence-electron chi connectivity index (χ0n) is 9.82. The summed E-state index contributed by atoms with van der Waals surface area (Å²) in [5, 5.41) is 0. The van der Waals surface area contributed by atoms with Crippen LogP contribution in [0.4, 0.5) is 5.82 Å². The van der Waals surface area contributed by atoms with Gasteiger partial charge in [-0.05, 0) is 53.7 Å². The van der Waals surface area contributed by atoms with Gasteiger partial charge >= 0.3 is 0 Å². The number of hydrogen-bond donors (Lipinski definition) is 0. The summed E-state index contributed by atoms with van der Waals surface area (Å²) < 4.78 is 1.12. The average molecular weight is 283 g/mol. The number of anilines is 1. The lowest BCUT2D eigenvalue weighted by molar-refractivity contribution is 0.431. The van der Waals surface area contributed by atoms with Crippen molar-refractivity contribution in [2.75, 3.05) is 11.4 Å². The van der Waals surface area contributed by atoms with Crippen LogP contribution in [0.25, 0.3) is 0 Å². The minimum Gasteiger partial charge on any atom is -0.353 e. The molecule has 1 atom stereocenters. The van der Waals surface area contributed by atoms with E-state index in [0.717, 1.165) is 16.8 Å². The number of rotatable bonds is 3. The topological polar surface area (TPSA) is 16.1 Å². The third kappa shape index (κ3) is 2.57. The Bertz CT molecular complexity index is 338. The third-order valence-electron chi connectivity index (χ3n) is 3.26. The molecule has 1 aromatic heterocycles. The molecule has 0 aliphatic carbocycles. The van der Waals surface area contributed by atoms with Crippen molar-refractivity contribution in [1.29, 1.82) is 0 Å². The number of piperidine rings is 1. The second kappa shape index (κ2) is 5.67. The molecule has 0 N–H and O–H groups in total. The van der Waals surface area contributed by atoms with Crippen LogP contribution in [0.2, 0.25) is 0 Å². The molecule has 0 bridgehead atoms. The molecule has 0 aromatic carbocycles. The maximum absolute atomic E-state index is 4.51. The largest absolute Gasteiger partial charge is 0.353 e. The highest BCUT2D eigenvalue weighted by atomic mass is 79.9. The Balaban J connectivity index is 2.19. The van der Waals surface area contributed by atoms with Crippen molar-refractivity contribution in [1.82, 2.24) is 4.98 Å². The molecular formula is C13H19BrN2. The Morgan fingerprint density at radius 3 is 3.12 bits per heavy atom. The van der Waals surface area contributed by atoms with Gasteiger partial charge in [0.15, 0.2) is 0 Å².